The first kappa shape index (κ1) is 52.7. The van der Waals surface area contributed by atoms with Crippen molar-refractivity contribution in [1.82, 2.24) is 0 Å². The number of quaternary nitrogens is 1. The molecule has 9 heteroatoms. The van der Waals surface area contributed by atoms with E-state index in [1.807, 2.05) is 27.2 Å². The molecular formula is C47H80NO8+. The van der Waals surface area contributed by atoms with Crippen LogP contribution in [0.3, 0.4) is 0 Å². The summed E-state index contributed by atoms with van der Waals surface area (Å²) in [6.07, 6.45) is 44.0. The second-order valence-corrected chi connectivity index (χ2v) is 15.3. The van der Waals surface area contributed by atoms with Crippen LogP contribution in [-0.2, 0) is 33.3 Å². The lowest BCUT2D eigenvalue weighted by atomic mass is 10.1. The number of aliphatic carboxylic acids is 1. The highest BCUT2D eigenvalue weighted by atomic mass is 16.7. The van der Waals surface area contributed by atoms with E-state index in [1.54, 1.807) is 0 Å². The van der Waals surface area contributed by atoms with Crippen LogP contribution in [0, 0.1) is 0 Å². The number of ether oxygens (including phenoxy) is 4. The Labute approximate surface area is 341 Å². The largest absolute Gasteiger partial charge is 0.477 e. The van der Waals surface area contributed by atoms with E-state index in [0.29, 0.717) is 17.4 Å². The van der Waals surface area contributed by atoms with Crippen LogP contribution >= 0.6 is 0 Å². The van der Waals surface area contributed by atoms with Crippen molar-refractivity contribution in [1.29, 1.82) is 0 Å². The van der Waals surface area contributed by atoms with Crippen molar-refractivity contribution in [2.75, 3.05) is 47.5 Å². The van der Waals surface area contributed by atoms with E-state index in [2.05, 4.69) is 80.7 Å². The summed E-state index contributed by atoms with van der Waals surface area (Å²) in [7, 11) is 5.92. The van der Waals surface area contributed by atoms with Crippen LogP contribution in [0.5, 0.6) is 0 Å². The van der Waals surface area contributed by atoms with Crippen LogP contribution in [-0.4, -0.2) is 87.4 Å². The maximum Gasteiger partial charge on any atom is 0.361 e. The number of esters is 2. The molecule has 0 rings (SSSR count). The zero-order chi connectivity index (χ0) is 41.4. The third kappa shape index (κ3) is 39.0. The number of rotatable bonds is 38. The van der Waals surface area contributed by atoms with E-state index in [9.17, 15) is 19.5 Å². The highest BCUT2D eigenvalue weighted by molar-refractivity contribution is 5.71. The Morgan fingerprint density at radius 2 is 1.04 bits per heavy atom. The third-order valence-electron chi connectivity index (χ3n) is 8.70. The van der Waals surface area contributed by atoms with Gasteiger partial charge in [-0.05, 0) is 77.0 Å². The van der Waals surface area contributed by atoms with Gasteiger partial charge < -0.3 is 28.5 Å². The number of hydrogen-bond acceptors (Lipinski definition) is 7. The molecule has 0 saturated heterocycles. The zero-order valence-electron chi connectivity index (χ0n) is 36.0. The maximum atomic E-state index is 12.7. The van der Waals surface area contributed by atoms with Gasteiger partial charge >= 0.3 is 17.9 Å². The first-order chi connectivity index (χ1) is 27.1. The Morgan fingerprint density at radius 3 is 1.59 bits per heavy atom. The molecular weight excluding hydrogens is 707 g/mol. The summed E-state index contributed by atoms with van der Waals surface area (Å²) < 4.78 is 22.6. The maximum absolute atomic E-state index is 12.7. The van der Waals surface area contributed by atoms with Gasteiger partial charge in [0.15, 0.2) is 6.10 Å². The minimum Gasteiger partial charge on any atom is -0.477 e. The molecule has 0 aromatic rings. The smallest absolute Gasteiger partial charge is 0.361 e. The molecule has 0 aromatic heterocycles. The zero-order valence-corrected chi connectivity index (χ0v) is 36.0. The summed E-state index contributed by atoms with van der Waals surface area (Å²) in [5.74, 6) is -2.11. The van der Waals surface area contributed by atoms with E-state index in [4.69, 9.17) is 18.9 Å². The van der Waals surface area contributed by atoms with Crippen molar-refractivity contribution in [2.45, 2.75) is 161 Å². The molecule has 0 aliphatic carbocycles. The SMILES string of the molecule is CC/C=C\C/C=C\C/C=C\C/C=C\C/C=C\CCCC(=O)OC(COC(=O)CCCCCCC/C=C\CCCCCCC)COC(OCC[N+](C)(C)C)C(=O)O. The Morgan fingerprint density at radius 1 is 0.554 bits per heavy atom. The van der Waals surface area contributed by atoms with Crippen molar-refractivity contribution in [2.24, 2.45) is 0 Å². The van der Waals surface area contributed by atoms with Crippen LogP contribution < -0.4 is 0 Å². The first-order valence-electron chi connectivity index (χ1n) is 21.6. The topological polar surface area (TPSA) is 108 Å². The van der Waals surface area contributed by atoms with Crippen molar-refractivity contribution >= 4 is 17.9 Å². The van der Waals surface area contributed by atoms with Gasteiger partial charge in [0.05, 0.1) is 34.4 Å². The molecule has 0 bridgehead atoms. The molecule has 0 radical (unpaired) electrons. The fourth-order valence-electron chi connectivity index (χ4n) is 5.33. The average Bonchev–Trinajstić information content (AvgIpc) is 3.15. The monoisotopic (exact) mass is 787 g/mol. The summed E-state index contributed by atoms with van der Waals surface area (Å²) in [5, 5.41) is 9.62. The minimum atomic E-state index is -1.53. The van der Waals surface area contributed by atoms with Gasteiger partial charge in [0.25, 0.3) is 6.29 Å². The number of hydrogen-bond donors (Lipinski definition) is 1. The predicted octanol–water partition coefficient (Wildman–Crippen LogP) is 11.2. The molecule has 56 heavy (non-hydrogen) atoms. The quantitative estimate of drug-likeness (QED) is 0.0217. The molecule has 0 aliphatic rings. The second-order valence-electron chi connectivity index (χ2n) is 15.3. The highest BCUT2D eigenvalue weighted by Crippen LogP contribution is 2.11. The Kier molecular flexibility index (Phi) is 36.3. The van der Waals surface area contributed by atoms with Gasteiger partial charge in [-0.1, -0.05) is 132 Å². The van der Waals surface area contributed by atoms with Gasteiger partial charge in [0, 0.05) is 12.8 Å². The number of carboxylic acids is 1. The molecule has 0 fully saturated rings. The molecule has 1 N–H and O–H groups in total. The fourth-order valence-corrected chi connectivity index (χ4v) is 5.33. The number of carbonyl (C=O) groups is 3. The van der Waals surface area contributed by atoms with Crippen molar-refractivity contribution in [3.63, 3.8) is 0 Å². The minimum absolute atomic E-state index is 0.172. The van der Waals surface area contributed by atoms with Gasteiger partial charge in [0.1, 0.15) is 13.2 Å². The van der Waals surface area contributed by atoms with E-state index in [0.717, 1.165) is 77.0 Å². The van der Waals surface area contributed by atoms with Crippen LogP contribution in [0.1, 0.15) is 149 Å². The summed E-state index contributed by atoms with van der Waals surface area (Å²) in [4.78, 5) is 37.0. The molecule has 0 heterocycles. The molecule has 0 spiro atoms. The van der Waals surface area contributed by atoms with Crippen LogP contribution in [0.4, 0.5) is 0 Å². The standard InChI is InChI=1S/C47H79NO8/c1-6-8-10-12-14-16-18-20-22-23-24-26-28-30-32-34-36-38-45(50)56-43(42-55-47(46(51)52)53-40-39-48(3,4)5)41-54-44(49)37-35-33-31-29-27-25-21-19-17-15-13-11-9-7-2/h8,10,14,16,19-22,24,26,30,32,43,47H,6-7,9,11-13,15,17-18,23,25,27-29,31,33-42H2,1-5H3/p+1/b10-8-,16-14-,21-19-,22-20-,26-24-,32-30-. The highest BCUT2D eigenvalue weighted by Gasteiger charge is 2.25. The summed E-state index contributed by atoms with van der Waals surface area (Å²) in [6, 6.07) is 0. The number of carboxylic acid groups (broad SMARTS) is 1. The van der Waals surface area contributed by atoms with Crippen LogP contribution in [0.15, 0.2) is 72.9 Å². The molecule has 2 atom stereocenters. The summed E-state index contributed by atoms with van der Waals surface area (Å²) in [6.45, 7) is 4.64. The van der Waals surface area contributed by atoms with Gasteiger partial charge in [-0.15, -0.1) is 0 Å². The van der Waals surface area contributed by atoms with Gasteiger partial charge in [-0.2, -0.15) is 0 Å². The second kappa shape index (κ2) is 38.6. The van der Waals surface area contributed by atoms with Gasteiger partial charge in [-0.3, -0.25) is 9.59 Å². The average molecular weight is 787 g/mol. The molecule has 0 aromatic carbocycles. The number of likely N-dealkylation sites (N-methyl/N-ethyl adjacent to an activating group) is 1. The molecule has 0 saturated carbocycles. The number of nitrogens with zero attached hydrogens (tertiary/aromatic N) is 1. The van der Waals surface area contributed by atoms with E-state index >= 15 is 0 Å². The third-order valence-corrected chi connectivity index (χ3v) is 8.70. The normalized spacial score (nSPS) is 13.7. The van der Waals surface area contributed by atoms with E-state index in [1.165, 1.54) is 38.5 Å². The van der Waals surface area contributed by atoms with Gasteiger partial charge in [0.2, 0.25) is 0 Å². The van der Waals surface area contributed by atoms with Crippen molar-refractivity contribution in [3.05, 3.63) is 72.9 Å². The van der Waals surface area contributed by atoms with Crippen molar-refractivity contribution < 1.29 is 42.9 Å². The lowest BCUT2D eigenvalue weighted by molar-refractivity contribution is -0.870. The van der Waals surface area contributed by atoms with E-state index in [-0.39, 0.29) is 38.6 Å². The summed E-state index contributed by atoms with van der Waals surface area (Å²) >= 11 is 0. The van der Waals surface area contributed by atoms with E-state index < -0.39 is 24.3 Å². The van der Waals surface area contributed by atoms with Crippen molar-refractivity contribution in [3.8, 4) is 0 Å². The Balaban J connectivity index is 4.60. The molecule has 0 amide bonds. The number of carbonyl (C=O) groups excluding carboxylic acids is 2. The molecule has 2 unspecified atom stereocenters. The first-order valence-corrected chi connectivity index (χ1v) is 21.6. The number of allylic oxidation sites excluding steroid dienone is 12. The fraction of sp³-hybridized carbons (Fsp3) is 0.681. The Bertz CT molecular complexity index is 1150. The lowest BCUT2D eigenvalue weighted by Crippen LogP contribution is -2.40. The lowest BCUT2D eigenvalue weighted by Gasteiger charge is -2.25. The van der Waals surface area contributed by atoms with Crippen LogP contribution in [0.25, 0.3) is 0 Å². The molecule has 9 nitrogen and oxygen atoms in total. The van der Waals surface area contributed by atoms with Gasteiger partial charge in [-0.25, -0.2) is 4.79 Å². The van der Waals surface area contributed by atoms with Crippen LogP contribution in [0.2, 0.25) is 0 Å². The number of unbranched alkanes of at least 4 members (excludes halogenated alkanes) is 11. The Hall–Kier alpha value is -3.27. The molecule has 320 valence electrons. The summed E-state index contributed by atoms with van der Waals surface area (Å²) in [5.41, 5.74) is 0. The predicted molar refractivity (Wildman–Crippen MR) is 230 cm³/mol. The molecule has 0 aliphatic heterocycles.